The number of nitrogens with one attached hydrogen (secondary N) is 1. The Morgan fingerprint density at radius 3 is 2.42 bits per heavy atom. The van der Waals surface area contributed by atoms with E-state index in [-0.39, 0.29) is 18.7 Å². The van der Waals surface area contributed by atoms with Crippen molar-refractivity contribution in [1.82, 2.24) is 9.78 Å². The number of aromatic nitrogens is 2. The molecule has 0 unspecified atom stereocenters. The lowest BCUT2D eigenvalue weighted by Gasteiger charge is -2.34. The third-order valence-electron chi connectivity index (χ3n) is 6.08. The Morgan fingerprint density at radius 2 is 1.92 bits per heavy atom. The van der Waals surface area contributed by atoms with Gasteiger partial charge in [0.05, 0.1) is 11.7 Å². The number of rotatable bonds is 5. The molecule has 0 aliphatic heterocycles. The average molecular weight is 337 g/mol. The van der Waals surface area contributed by atoms with Gasteiger partial charge in [0.2, 0.25) is 11.8 Å². The largest absolute Gasteiger partial charge is 0.310 e. The summed E-state index contributed by atoms with van der Waals surface area (Å²) in [6.45, 7) is 2.00. The SMILES string of the molecule is Cc1c(CC2CCC2)nn(C2CCC2)c1NC(=O)C1CC(F)(F)C1. The van der Waals surface area contributed by atoms with Crippen molar-refractivity contribution in [3.63, 3.8) is 0 Å². The number of amides is 1. The maximum atomic E-state index is 13.0. The van der Waals surface area contributed by atoms with E-state index in [9.17, 15) is 13.6 Å². The van der Waals surface area contributed by atoms with Gasteiger partial charge >= 0.3 is 0 Å². The highest BCUT2D eigenvalue weighted by Crippen LogP contribution is 2.43. The van der Waals surface area contributed by atoms with E-state index in [1.165, 1.54) is 25.7 Å². The van der Waals surface area contributed by atoms with Crippen LogP contribution in [0.15, 0.2) is 0 Å². The molecule has 1 aromatic rings. The molecule has 3 saturated carbocycles. The van der Waals surface area contributed by atoms with Gasteiger partial charge in [-0.1, -0.05) is 19.3 Å². The first-order chi connectivity index (χ1) is 11.4. The van der Waals surface area contributed by atoms with Gasteiger partial charge in [0, 0.05) is 24.3 Å². The van der Waals surface area contributed by atoms with Crippen molar-refractivity contribution in [2.45, 2.75) is 76.7 Å². The van der Waals surface area contributed by atoms with Gasteiger partial charge in [-0.2, -0.15) is 5.10 Å². The summed E-state index contributed by atoms with van der Waals surface area (Å²) in [6, 6.07) is 0.344. The summed E-state index contributed by atoms with van der Waals surface area (Å²) in [5.41, 5.74) is 2.09. The quantitative estimate of drug-likeness (QED) is 0.873. The maximum Gasteiger partial charge on any atom is 0.249 e. The molecule has 1 heterocycles. The fraction of sp³-hybridized carbons (Fsp3) is 0.778. The molecule has 3 aliphatic rings. The summed E-state index contributed by atoms with van der Waals surface area (Å²) in [4.78, 5) is 12.3. The van der Waals surface area contributed by atoms with Gasteiger partial charge in [-0.05, 0) is 38.5 Å². The Kier molecular flexibility index (Phi) is 3.88. The van der Waals surface area contributed by atoms with Crippen molar-refractivity contribution in [2.24, 2.45) is 11.8 Å². The first kappa shape index (κ1) is 16.0. The maximum absolute atomic E-state index is 13.0. The molecule has 4 rings (SSSR count). The second-order valence-electron chi connectivity index (χ2n) is 7.90. The number of hydrogen-bond acceptors (Lipinski definition) is 2. The summed E-state index contributed by atoms with van der Waals surface area (Å²) in [5, 5.41) is 7.72. The number of carbonyl (C=O) groups excluding carboxylic acids is 1. The Labute approximate surface area is 141 Å². The van der Waals surface area contributed by atoms with Gasteiger partial charge in [0.1, 0.15) is 5.82 Å². The van der Waals surface area contributed by atoms with Crippen molar-refractivity contribution >= 4 is 11.7 Å². The monoisotopic (exact) mass is 337 g/mol. The van der Waals surface area contributed by atoms with Gasteiger partial charge in [0.25, 0.3) is 0 Å². The average Bonchev–Trinajstić information content (AvgIpc) is 2.67. The van der Waals surface area contributed by atoms with Crippen molar-refractivity contribution in [3.05, 3.63) is 11.3 Å². The number of nitrogens with zero attached hydrogens (tertiary/aromatic N) is 2. The minimum absolute atomic E-state index is 0.278. The molecule has 6 heteroatoms. The number of alkyl halides is 2. The first-order valence-corrected chi connectivity index (χ1v) is 9.19. The Morgan fingerprint density at radius 1 is 1.25 bits per heavy atom. The van der Waals surface area contributed by atoms with Crippen molar-refractivity contribution in [3.8, 4) is 0 Å². The highest BCUT2D eigenvalue weighted by molar-refractivity contribution is 5.93. The molecule has 4 nitrogen and oxygen atoms in total. The van der Waals surface area contributed by atoms with E-state index in [2.05, 4.69) is 5.32 Å². The predicted octanol–water partition coefficient (Wildman–Crippen LogP) is 4.24. The van der Waals surface area contributed by atoms with E-state index >= 15 is 0 Å². The zero-order valence-electron chi connectivity index (χ0n) is 14.2. The molecule has 3 fully saturated rings. The summed E-state index contributed by atoms with van der Waals surface area (Å²) in [5.74, 6) is -2.06. The fourth-order valence-electron chi connectivity index (χ4n) is 3.84. The van der Waals surface area contributed by atoms with Crippen LogP contribution in [-0.4, -0.2) is 21.6 Å². The smallest absolute Gasteiger partial charge is 0.249 e. The summed E-state index contributed by atoms with van der Waals surface area (Å²) >= 11 is 0. The van der Waals surface area contributed by atoms with Crippen molar-refractivity contribution in [1.29, 1.82) is 0 Å². The molecule has 3 aliphatic carbocycles. The second-order valence-corrected chi connectivity index (χ2v) is 7.90. The highest BCUT2D eigenvalue weighted by atomic mass is 19.3. The zero-order valence-corrected chi connectivity index (χ0v) is 14.2. The third-order valence-corrected chi connectivity index (χ3v) is 6.08. The van der Waals surface area contributed by atoms with Crippen LogP contribution in [0, 0.1) is 18.8 Å². The van der Waals surface area contributed by atoms with Crippen LogP contribution >= 0.6 is 0 Å². The van der Waals surface area contributed by atoms with E-state index in [1.807, 2.05) is 11.6 Å². The standard InChI is InChI=1S/C18H25F2N3O/c1-11-15(8-12-4-2-5-12)22-23(14-6-3-7-14)16(11)21-17(24)13-9-18(19,20)10-13/h12-14H,2-10H2,1H3,(H,21,24). The van der Waals surface area contributed by atoms with Gasteiger partial charge < -0.3 is 5.32 Å². The summed E-state index contributed by atoms with van der Waals surface area (Å²) in [7, 11) is 0. The van der Waals surface area contributed by atoms with Crippen LogP contribution in [0.1, 0.15) is 68.7 Å². The molecule has 0 bridgehead atoms. The Hall–Kier alpha value is -1.46. The molecule has 132 valence electrons. The van der Waals surface area contributed by atoms with E-state index in [1.54, 1.807) is 0 Å². The second kappa shape index (κ2) is 5.81. The van der Waals surface area contributed by atoms with E-state index in [4.69, 9.17) is 5.10 Å². The molecule has 0 radical (unpaired) electrons. The molecule has 0 saturated heterocycles. The Balaban J connectivity index is 1.52. The normalized spacial score (nSPS) is 24.1. The molecule has 24 heavy (non-hydrogen) atoms. The topological polar surface area (TPSA) is 46.9 Å². The van der Waals surface area contributed by atoms with Gasteiger partial charge in [-0.25, -0.2) is 13.5 Å². The molecule has 1 aromatic heterocycles. The van der Waals surface area contributed by atoms with Crippen LogP contribution in [0.25, 0.3) is 0 Å². The lowest BCUT2D eigenvalue weighted by atomic mass is 9.80. The van der Waals surface area contributed by atoms with Crippen LogP contribution in [0.3, 0.4) is 0 Å². The molecule has 1 amide bonds. The lowest BCUT2D eigenvalue weighted by Crippen LogP contribution is -2.42. The summed E-state index contributed by atoms with van der Waals surface area (Å²) < 4.78 is 28.0. The number of halogens is 2. The highest BCUT2D eigenvalue weighted by Gasteiger charge is 2.49. The zero-order chi connectivity index (χ0) is 16.9. The molecule has 1 N–H and O–H groups in total. The fourth-order valence-corrected chi connectivity index (χ4v) is 3.84. The number of carbonyl (C=O) groups is 1. The van der Waals surface area contributed by atoms with E-state index in [0.29, 0.717) is 12.0 Å². The molecule has 0 aromatic carbocycles. The Bertz CT molecular complexity index is 639. The van der Waals surface area contributed by atoms with E-state index in [0.717, 1.165) is 36.3 Å². The van der Waals surface area contributed by atoms with Crippen LogP contribution in [0.4, 0.5) is 14.6 Å². The van der Waals surface area contributed by atoms with E-state index < -0.39 is 11.8 Å². The predicted molar refractivity (Wildman–Crippen MR) is 87.2 cm³/mol. The minimum atomic E-state index is -2.67. The summed E-state index contributed by atoms with van der Waals surface area (Å²) in [6.07, 6.45) is 7.47. The molecule has 0 atom stereocenters. The number of hydrogen-bond donors (Lipinski definition) is 1. The third kappa shape index (κ3) is 2.84. The first-order valence-electron chi connectivity index (χ1n) is 9.19. The van der Waals surface area contributed by atoms with Crippen molar-refractivity contribution < 1.29 is 13.6 Å². The van der Waals surface area contributed by atoms with Gasteiger partial charge in [-0.15, -0.1) is 0 Å². The van der Waals surface area contributed by atoms with Crippen LogP contribution in [-0.2, 0) is 11.2 Å². The molecular formula is C18H25F2N3O. The molecule has 0 spiro atoms. The van der Waals surface area contributed by atoms with Crippen LogP contribution in [0.2, 0.25) is 0 Å². The number of anilines is 1. The van der Waals surface area contributed by atoms with Crippen LogP contribution < -0.4 is 5.32 Å². The molecular weight excluding hydrogens is 312 g/mol. The van der Waals surface area contributed by atoms with Gasteiger partial charge in [0.15, 0.2) is 0 Å². The minimum Gasteiger partial charge on any atom is -0.310 e. The van der Waals surface area contributed by atoms with Crippen molar-refractivity contribution in [2.75, 3.05) is 5.32 Å². The lowest BCUT2D eigenvalue weighted by molar-refractivity contribution is -0.145. The van der Waals surface area contributed by atoms with Gasteiger partial charge in [-0.3, -0.25) is 4.79 Å². The van der Waals surface area contributed by atoms with Crippen LogP contribution in [0.5, 0.6) is 0 Å².